The smallest absolute Gasteiger partial charge is 0.428 e. The molecule has 1 fully saturated rings. The number of aliphatic hydroxyl groups is 2. The van der Waals surface area contributed by atoms with E-state index < -0.39 is 36.0 Å². The molecular weight excluding hydrogens is 496 g/mol. The molecule has 0 aliphatic carbocycles. The van der Waals surface area contributed by atoms with Crippen LogP contribution in [-0.4, -0.2) is 62.2 Å². The van der Waals surface area contributed by atoms with Gasteiger partial charge in [0.25, 0.3) is 0 Å². The quantitative estimate of drug-likeness (QED) is 0.295. The van der Waals surface area contributed by atoms with Gasteiger partial charge in [0.15, 0.2) is 0 Å². The number of carbonyl (C=O) groups excluding carboxylic acids is 3. The van der Waals surface area contributed by atoms with E-state index in [0.29, 0.717) is 10.6 Å². The number of thiazole rings is 1. The summed E-state index contributed by atoms with van der Waals surface area (Å²) in [6, 6.07) is -0.389. The van der Waals surface area contributed by atoms with Crippen molar-refractivity contribution in [2.24, 2.45) is 11.8 Å². The van der Waals surface area contributed by atoms with Crippen molar-refractivity contribution in [1.82, 2.24) is 9.88 Å². The number of nitrogens with zero attached hydrogens (tertiary/aromatic N) is 2. The molecule has 0 saturated carbocycles. The van der Waals surface area contributed by atoms with Gasteiger partial charge < -0.3 is 29.3 Å². The summed E-state index contributed by atoms with van der Waals surface area (Å²) < 4.78 is 15.4. The minimum atomic E-state index is -1.26. The van der Waals surface area contributed by atoms with Crippen LogP contribution in [0.3, 0.4) is 0 Å². The van der Waals surface area contributed by atoms with Gasteiger partial charge in [-0.2, -0.15) is 0 Å². The molecule has 0 aromatic carbocycles. The molecule has 0 radical (unpaired) electrons. The molecule has 1 aromatic rings. The lowest BCUT2D eigenvalue weighted by atomic mass is 9.79. The molecule has 1 saturated heterocycles. The van der Waals surface area contributed by atoms with Crippen molar-refractivity contribution >= 4 is 47.2 Å². The summed E-state index contributed by atoms with van der Waals surface area (Å²) in [5.74, 6) is -2.06. The van der Waals surface area contributed by atoms with E-state index in [1.54, 1.807) is 44.7 Å². The maximum atomic E-state index is 13.1. The van der Waals surface area contributed by atoms with Crippen LogP contribution in [0.25, 0.3) is 6.08 Å². The Morgan fingerprint density at radius 1 is 1.31 bits per heavy atom. The highest BCUT2D eigenvalue weighted by Crippen LogP contribution is 2.51. The molecule has 0 spiro atoms. The minimum absolute atomic E-state index is 0.0605. The fourth-order valence-electron chi connectivity index (χ4n) is 4.01. The first-order chi connectivity index (χ1) is 16.4. The maximum Gasteiger partial charge on any atom is 0.511 e. The molecule has 2 aliphatic rings. The van der Waals surface area contributed by atoms with Crippen molar-refractivity contribution in [3.63, 3.8) is 0 Å². The molecule has 2 N–H and O–H groups in total. The van der Waals surface area contributed by atoms with E-state index in [2.05, 4.69) is 4.98 Å². The summed E-state index contributed by atoms with van der Waals surface area (Å²) in [7, 11) is 0. The number of aromatic nitrogens is 1. The monoisotopic (exact) mass is 526 g/mol. The van der Waals surface area contributed by atoms with Crippen molar-refractivity contribution in [1.29, 1.82) is 0 Å². The molecule has 1 amide bonds. The van der Waals surface area contributed by atoms with Gasteiger partial charge in [-0.3, -0.25) is 4.79 Å². The third-order valence-corrected chi connectivity index (χ3v) is 7.39. The van der Waals surface area contributed by atoms with E-state index in [9.17, 15) is 24.6 Å². The van der Waals surface area contributed by atoms with E-state index in [4.69, 9.17) is 14.2 Å². The average Bonchev–Trinajstić information content (AvgIpc) is 3.27. The van der Waals surface area contributed by atoms with E-state index >= 15 is 0 Å². The highest BCUT2D eigenvalue weighted by molar-refractivity contribution is 8.06. The number of aliphatic hydroxyl groups excluding tert-OH is 2. The number of thioether (sulfide) groups is 1. The summed E-state index contributed by atoms with van der Waals surface area (Å²) in [5, 5.41) is 21.3. The lowest BCUT2D eigenvalue weighted by Crippen LogP contribution is -2.63. The fraction of sp³-hybridized carbons (Fsp3) is 0.565. The Kier molecular flexibility index (Phi) is 8.30. The molecule has 35 heavy (non-hydrogen) atoms. The second kappa shape index (κ2) is 10.7. The number of carbonyl (C=O) groups is 3. The van der Waals surface area contributed by atoms with Crippen molar-refractivity contribution in [2.75, 3.05) is 0 Å². The number of ether oxygens (including phenoxy) is 3. The van der Waals surface area contributed by atoms with Gasteiger partial charge in [0.2, 0.25) is 12.2 Å². The fourth-order valence-corrected chi connectivity index (χ4v) is 5.79. The van der Waals surface area contributed by atoms with Crippen LogP contribution in [0, 0.1) is 11.8 Å². The van der Waals surface area contributed by atoms with Crippen LogP contribution < -0.4 is 0 Å². The van der Waals surface area contributed by atoms with Gasteiger partial charge in [0.05, 0.1) is 40.8 Å². The Morgan fingerprint density at radius 3 is 2.60 bits per heavy atom. The van der Waals surface area contributed by atoms with Crippen LogP contribution in [0.15, 0.2) is 21.5 Å². The Hall–Kier alpha value is -2.41. The maximum absolute atomic E-state index is 13.1. The standard InChI is InChI=1S/C23H30N2O8S2/c1-11-17-16(12(2)27)20(28)25(17)18(19(11)34-8-7-15-14(9-26)24-10-35-15)21(29)31-13(3)32-22(30)33-23(4,5)6/h7-8,10-13,16-17,26-27H,9H2,1-6H3/b8-7-/t11-,12-,13?,16-,17-/m1/s1. The summed E-state index contributed by atoms with van der Waals surface area (Å²) >= 11 is 2.61. The summed E-state index contributed by atoms with van der Waals surface area (Å²) in [6.45, 7) is 9.64. The minimum Gasteiger partial charge on any atom is -0.428 e. The predicted octanol–water partition coefficient (Wildman–Crippen LogP) is 3.25. The van der Waals surface area contributed by atoms with Gasteiger partial charge in [-0.1, -0.05) is 18.7 Å². The molecule has 2 aliphatic heterocycles. The molecule has 3 heterocycles. The number of amides is 1. The topological polar surface area (TPSA) is 135 Å². The second-order valence-electron chi connectivity index (χ2n) is 9.26. The highest BCUT2D eigenvalue weighted by atomic mass is 32.2. The zero-order valence-corrected chi connectivity index (χ0v) is 22.0. The van der Waals surface area contributed by atoms with E-state index in [-0.39, 0.29) is 30.2 Å². The first-order valence-electron chi connectivity index (χ1n) is 11.1. The molecule has 12 heteroatoms. The molecular formula is C23H30N2O8S2. The average molecular weight is 527 g/mol. The van der Waals surface area contributed by atoms with Crippen molar-refractivity contribution < 1.29 is 38.8 Å². The van der Waals surface area contributed by atoms with Gasteiger partial charge in [-0.25, -0.2) is 14.6 Å². The number of hydrogen-bond acceptors (Lipinski definition) is 11. The van der Waals surface area contributed by atoms with E-state index in [1.165, 1.54) is 34.9 Å². The molecule has 5 atom stereocenters. The first-order valence-corrected chi connectivity index (χ1v) is 12.8. The molecule has 0 bridgehead atoms. The Labute approximate surface area is 211 Å². The SMILES string of the molecule is CC(OC(=O)OC(C)(C)C)OC(=O)C1=C(S/C=C\c2scnc2CO)[C@H](C)[C@@H]2[C@@H]([C@@H](C)O)C(=O)N12. The zero-order valence-electron chi connectivity index (χ0n) is 20.4. The van der Waals surface area contributed by atoms with Gasteiger partial charge >= 0.3 is 12.1 Å². The number of rotatable bonds is 8. The molecule has 10 nitrogen and oxygen atoms in total. The number of β-lactam (4-membered cyclic amide) rings is 1. The summed E-state index contributed by atoms with van der Waals surface area (Å²) in [5.41, 5.74) is 1.45. The Morgan fingerprint density at radius 2 is 2.00 bits per heavy atom. The lowest BCUT2D eigenvalue weighted by molar-refractivity contribution is -0.174. The van der Waals surface area contributed by atoms with Gasteiger partial charge in [0.1, 0.15) is 11.3 Å². The van der Waals surface area contributed by atoms with Gasteiger partial charge in [-0.05, 0) is 39.2 Å². The van der Waals surface area contributed by atoms with Crippen molar-refractivity contribution in [3.05, 3.63) is 32.1 Å². The summed E-state index contributed by atoms with van der Waals surface area (Å²) in [6.07, 6.45) is -1.34. The van der Waals surface area contributed by atoms with Crippen LogP contribution in [0.4, 0.5) is 4.79 Å². The van der Waals surface area contributed by atoms with E-state index in [1.807, 2.05) is 6.92 Å². The third kappa shape index (κ3) is 5.88. The van der Waals surface area contributed by atoms with Crippen LogP contribution in [0.1, 0.15) is 52.1 Å². The largest absolute Gasteiger partial charge is 0.511 e. The number of esters is 1. The summed E-state index contributed by atoms with van der Waals surface area (Å²) in [4.78, 5) is 44.7. The highest BCUT2D eigenvalue weighted by Gasteiger charge is 2.60. The normalized spacial score (nSPS) is 23.7. The van der Waals surface area contributed by atoms with E-state index in [0.717, 1.165) is 4.88 Å². The Bertz CT molecular complexity index is 1040. The predicted molar refractivity (Wildman–Crippen MR) is 130 cm³/mol. The van der Waals surface area contributed by atoms with Gasteiger partial charge in [0, 0.05) is 17.7 Å². The Balaban J connectivity index is 1.81. The molecule has 3 rings (SSSR count). The van der Waals surface area contributed by atoms with Crippen LogP contribution >= 0.6 is 23.1 Å². The van der Waals surface area contributed by atoms with Crippen LogP contribution in [0.2, 0.25) is 0 Å². The van der Waals surface area contributed by atoms with Crippen molar-refractivity contribution in [2.45, 2.75) is 72.2 Å². The van der Waals surface area contributed by atoms with Gasteiger partial charge in [-0.15, -0.1) is 11.3 Å². The van der Waals surface area contributed by atoms with Crippen LogP contribution in [-0.2, 0) is 30.4 Å². The molecule has 1 unspecified atom stereocenters. The second-order valence-corrected chi connectivity index (χ2v) is 11.1. The van der Waals surface area contributed by atoms with Crippen molar-refractivity contribution in [3.8, 4) is 0 Å². The molecule has 192 valence electrons. The third-order valence-electron chi connectivity index (χ3n) is 5.46. The number of hydrogen-bond donors (Lipinski definition) is 2. The van der Waals surface area contributed by atoms with Crippen LogP contribution in [0.5, 0.6) is 0 Å². The lowest BCUT2D eigenvalue weighted by Gasteiger charge is -2.46. The number of fused-ring (bicyclic) bond motifs is 1. The zero-order chi connectivity index (χ0) is 26.1. The first kappa shape index (κ1) is 27.2. The molecule has 1 aromatic heterocycles.